The van der Waals surface area contributed by atoms with Crippen molar-refractivity contribution in [2.24, 2.45) is 5.73 Å². The molecular weight excluding hydrogens is 268 g/mol. The fraction of sp³-hybridized carbons (Fsp3) is 0.308. The van der Waals surface area contributed by atoms with Crippen molar-refractivity contribution in [2.75, 3.05) is 0 Å². The van der Waals surface area contributed by atoms with Gasteiger partial charge in [-0.2, -0.15) is 0 Å². The van der Waals surface area contributed by atoms with Crippen LogP contribution in [0.25, 0.3) is 0 Å². The van der Waals surface area contributed by atoms with Gasteiger partial charge in [-0.25, -0.2) is 4.98 Å². The maximum atomic E-state index is 5.96. The van der Waals surface area contributed by atoms with E-state index in [-0.39, 0.29) is 6.04 Å². The van der Waals surface area contributed by atoms with E-state index in [1.807, 2.05) is 32.2 Å². The Hall–Kier alpha value is -1.10. The van der Waals surface area contributed by atoms with Crippen molar-refractivity contribution in [1.29, 1.82) is 0 Å². The molecule has 0 aliphatic heterocycles. The lowest BCUT2D eigenvalue weighted by Gasteiger charge is -2.13. The maximum absolute atomic E-state index is 5.96. The summed E-state index contributed by atoms with van der Waals surface area (Å²) in [5, 5.41) is 1.71. The number of nitrogens with two attached hydrogens (primary N) is 1. The van der Waals surface area contributed by atoms with Crippen LogP contribution >= 0.6 is 22.9 Å². The van der Waals surface area contributed by atoms with E-state index in [1.54, 1.807) is 17.4 Å². The van der Waals surface area contributed by atoms with Crippen LogP contribution in [0.4, 0.5) is 0 Å². The van der Waals surface area contributed by atoms with E-state index < -0.39 is 0 Å². The van der Waals surface area contributed by atoms with E-state index >= 15 is 0 Å². The molecule has 2 aromatic rings. The van der Waals surface area contributed by atoms with Crippen molar-refractivity contribution in [3.8, 4) is 5.75 Å². The molecule has 0 spiro atoms. The van der Waals surface area contributed by atoms with Crippen LogP contribution < -0.4 is 10.5 Å². The molecule has 1 aromatic heterocycles. The molecule has 0 fully saturated rings. The van der Waals surface area contributed by atoms with Gasteiger partial charge in [-0.05, 0) is 32.0 Å². The molecule has 1 aromatic carbocycles. The third kappa shape index (κ3) is 3.22. The van der Waals surface area contributed by atoms with Crippen molar-refractivity contribution in [3.05, 3.63) is 44.9 Å². The minimum Gasteiger partial charge on any atom is -0.488 e. The van der Waals surface area contributed by atoms with Crippen LogP contribution in [0.15, 0.2) is 24.4 Å². The Morgan fingerprint density at radius 3 is 2.89 bits per heavy atom. The van der Waals surface area contributed by atoms with Gasteiger partial charge in [0.15, 0.2) is 0 Å². The van der Waals surface area contributed by atoms with E-state index in [0.29, 0.717) is 11.6 Å². The molecule has 0 aliphatic carbocycles. The van der Waals surface area contributed by atoms with Gasteiger partial charge in [0, 0.05) is 22.8 Å². The smallest absolute Gasteiger partial charge is 0.124 e. The van der Waals surface area contributed by atoms with E-state index in [9.17, 15) is 0 Å². The quantitative estimate of drug-likeness (QED) is 0.930. The molecule has 2 rings (SSSR count). The highest BCUT2D eigenvalue weighted by atomic mass is 35.5. The molecule has 0 saturated heterocycles. The Labute approximate surface area is 116 Å². The molecule has 1 atom stereocenters. The Morgan fingerprint density at radius 1 is 1.50 bits per heavy atom. The zero-order chi connectivity index (χ0) is 13.1. The summed E-state index contributed by atoms with van der Waals surface area (Å²) in [4.78, 5) is 5.29. The number of nitrogens with zero attached hydrogens (tertiary/aromatic N) is 1. The van der Waals surface area contributed by atoms with E-state index in [2.05, 4.69) is 4.98 Å². The summed E-state index contributed by atoms with van der Waals surface area (Å²) in [6.07, 6.45) is 1.83. The van der Waals surface area contributed by atoms with Crippen LogP contribution in [0.3, 0.4) is 0 Å². The van der Waals surface area contributed by atoms with Gasteiger partial charge in [-0.1, -0.05) is 11.6 Å². The number of hydrogen-bond donors (Lipinski definition) is 1. The van der Waals surface area contributed by atoms with Crippen LogP contribution in [0, 0.1) is 6.92 Å². The normalized spacial score (nSPS) is 12.4. The van der Waals surface area contributed by atoms with Crippen molar-refractivity contribution >= 4 is 22.9 Å². The van der Waals surface area contributed by atoms with E-state index in [0.717, 1.165) is 21.2 Å². The molecule has 0 aliphatic rings. The van der Waals surface area contributed by atoms with Crippen LogP contribution in [0.1, 0.15) is 28.4 Å². The average molecular weight is 283 g/mol. The number of hydrogen-bond acceptors (Lipinski definition) is 4. The van der Waals surface area contributed by atoms with E-state index in [4.69, 9.17) is 22.1 Å². The van der Waals surface area contributed by atoms with Crippen LogP contribution in [-0.4, -0.2) is 4.98 Å². The third-order valence-electron chi connectivity index (χ3n) is 2.50. The largest absolute Gasteiger partial charge is 0.488 e. The van der Waals surface area contributed by atoms with Gasteiger partial charge in [0.2, 0.25) is 0 Å². The molecule has 0 unspecified atom stereocenters. The zero-order valence-corrected chi connectivity index (χ0v) is 11.9. The van der Waals surface area contributed by atoms with Gasteiger partial charge in [0.25, 0.3) is 0 Å². The molecule has 3 nitrogen and oxygen atoms in total. The number of thiazole rings is 1. The maximum Gasteiger partial charge on any atom is 0.124 e. The standard InChI is InChI=1S/C13H15ClN2OS/c1-8(15)12-5-10(14)3-4-13(12)17-7-11-6-16-9(2)18-11/h3-6,8H,7,15H2,1-2H3/t8-/m0/s1. The van der Waals surface area contributed by atoms with Gasteiger partial charge in [0.1, 0.15) is 12.4 Å². The summed E-state index contributed by atoms with van der Waals surface area (Å²) in [7, 11) is 0. The van der Waals surface area contributed by atoms with Crippen LogP contribution in [-0.2, 0) is 6.61 Å². The first-order chi connectivity index (χ1) is 8.56. The monoisotopic (exact) mass is 282 g/mol. The first-order valence-electron chi connectivity index (χ1n) is 5.65. The Kier molecular flexibility index (Phi) is 4.22. The van der Waals surface area contributed by atoms with Gasteiger partial charge in [-0.3, -0.25) is 0 Å². The average Bonchev–Trinajstić information content (AvgIpc) is 2.73. The minimum atomic E-state index is -0.109. The van der Waals surface area contributed by atoms with Gasteiger partial charge in [-0.15, -0.1) is 11.3 Å². The molecule has 5 heteroatoms. The highest BCUT2D eigenvalue weighted by Crippen LogP contribution is 2.28. The number of ether oxygens (including phenoxy) is 1. The summed E-state index contributed by atoms with van der Waals surface area (Å²) in [5.41, 5.74) is 6.83. The molecule has 18 heavy (non-hydrogen) atoms. The zero-order valence-electron chi connectivity index (χ0n) is 10.3. The Balaban J connectivity index is 2.13. The topological polar surface area (TPSA) is 48.1 Å². The highest BCUT2D eigenvalue weighted by molar-refractivity contribution is 7.11. The summed E-state index contributed by atoms with van der Waals surface area (Å²) >= 11 is 7.59. The van der Waals surface area contributed by atoms with Crippen molar-refractivity contribution < 1.29 is 4.74 Å². The van der Waals surface area contributed by atoms with Gasteiger partial charge in [0.05, 0.1) is 9.88 Å². The molecule has 0 radical (unpaired) electrons. The van der Waals surface area contributed by atoms with Gasteiger partial charge < -0.3 is 10.5 Å². The summed E-state index contributed by atoms with van der Waals surface area (Å²) in [6, 6.07) is 5.40. The Morgan fingerprint density at radius 2 is 2.28 bits per heavy atom. The van der Waals surface area contributed by atoms with Crippen LogP contribution in [0.2, 0.25) is 5.02 Å². The minimum absolute atomic E-state index is 0.109. The summed E-state index contributed by atoms with van der Waals surface area (Å²) in [5.74, 6) is 0.778. The second-order valence-corrected chi connectivity index (χ2v) is 5.86. The Bertz CT molecular complexity index is 540. The summed E-state index contributed by atoms with van der Waals surface area (Å²) < 4.78 is 5.78. The number of rotatable bonds is 4. The second kappa shape index (κ2) is 5.69. The first kappa shape index (κ1) is 13.3. The van der Waals surface area contributed by atoms with Crippen molar-refractivity contribution in [1.82, 2.24) is 4.98 Å². The highest BCUT2D eigenvalue weighted by Gasteiger charge is 2.09. The lowest BCUT2D eigenvalue weighted by Crippen LogP contribution is -2.07. The molecular formula is C13H15ClN2OS. The molecule has 0 amide bonds. The molecule has 1 heterocycles. The fourth-order valence-electron chi connectivity index (χ4n) is 1.63. The van der Waals surface area contributed by atoms with Crippen molar-refractivity contribution in [3.63, 3.8) is 0 Å². The lowest BCUT2D eigenvalue weighted by molar-refractivity contribution is 0.305. The first-order valence-corrected chi connectivity index (χ1v) is 6.85. The van der Waals surface area contributed by atoms with Crippen molar-refractivity contribution in [2.45, 2.75) is 26.5 Å². The number of halogens is 1. The number of aryl methyl sites for hydroxylation is 1. The van der Waals surface area contributed by atoms with Gasteiger partial charge >= 0.3 is 0 Å². The second-order valence-electron chi connectivity index (χ2n) is 4.11. The van der Waals surface area contributed by atoms with Crippen LogP contribution in [0.5, 0.6) is 5.75 Å². The SMILES string of the molecule is Cc1ncc(COc2ccc(Cl)cc2[C@H](C)N)s1. The predicted molar refractivity (Wildman–Crippen MR) is 75.2 cm³/mol. The molecule has 96 valence electrons. The molecule has 2 N–H and O–H groups in total. The fourth-order valence-corrected chi connectivity index (χ4v) is 2.52. The number of benzene rings is 1. The third-order valence-corrected chi connectivity index (χ3v) is 3.62. The van der Waals surface area contributed by atoms with E-state index in [1.165, 1.54) is 0 Å². The molecule has 0 bridgehead atoms. The predicted octanol–water partition coefficient (Wildman–Crippen LogP) is 3.70. The summed E-state index contributed by atoms with van der Waals surface area (Å²) in [6.45, 7) is 4.39. The molecule has 0 saturated carbocycles. The number of aromatic nitrogens is 1. The lowest BCUT2D eigenvalue weighted by atomic mass is 10.1.